The van der Waals surface area contributed by atoms with Crippen molar-refractivity contribution in [3.8, 4) is 0 Å². The Morgan fingerprint density at radius 1 is 1.42 bits per heavy atom. The molecule has 0 spiro atoms. The van der Waals surface area contributed by atoms with Crippen molar-refractivity contribution in [2.24, 2.45) is 0 Å². The van der Waals surface area contributed by atoms with Crippen molar-refractivity contribution < 1.29 is 9.90 Å². The van der Waals surface area contributed by atoms with Gasteiger partial charge in [-0.25, -0.2) is 0 Å². The Kier molecular flexibility index (Phi) is 4.56. The summed E-state index contributed by atoms with van der Waals surface area (Å²) >= 11 is 1.54. The summed E-state index contributed by atoms with van der Waals surface area (Å²) in [6.07, 6.45) is 1.51. The van der Waals surface area contributed by atoms with Gasteiger partial charge in [-0.3, -0.25) is 4.79 Å². The summed E-state index contributed by atoms with van der Waals surface area (Å²) in [6, 6.07) is 8.16. The third kappa shape index (κ3) is 3.14. The molecule has 1 unspecified atom stereocenters. The molecule has 2 rings (SSSR count). The summed E-state index contributed by atoms with van der Waals surface area (Å²) in [5.74, 6) is -0.0101. The maximum Gasteiger partial charge on any atom is 0.261 e. The van der Waals surface area contributed by atoms with E-state index in [1.54, 1.807) is 0 Å². The third-order valence-electron chi connectivity index (χ3n) is 3.22. The quantitative estimate of drug-likeness (QED) is 0.882. The maximum atomic E-state index is 12.2. The number of amides is 1. The average Bonchev–Trinajstić information content (AvgIpc) is 2.74. The Morgan fingerprint density at radius 3 is 2.84 bits per heavy atom. The van der Waals surface area contributed by atoms with Gasteiger partial charge in [0.05, 0.1) is 4.88 Å². The first-order chi connectivity index (χ1) is 9.13. The van der Waals surface area contributed by atoms with Crippen LogP contribution in [0.2, 0.25) is 0 Å². The number of carbonyl (C=O) groups is 1. The van der Waals surface area contributed by atoms with Crippen LogP contribution in [0.25, 0.3) is 10.1 Å². The van der Waals surface area contributed by atoms with E-state index in [4.69, 9.17) is 5.11 Å². The molecule has 1 aromatic heterocycles. The lowest BCUT2D eigenvalue weighted by atomic mass is 10.1. The van der Waals surface area contributed by atoms with Crippen LogP contribution in [0.4, 0.5) is 0 Å². The highest BCUT2D eigenvalue weighted by molar-refractivity contribution is 7.21. The molecule has 1 atom stereocenters. The molecular weight excluding hydrogens is 258 g/mol. The predicted molar refractivity (Wildman–Crippen MR) is 79.8 cm³/mol. The van der Waals surface area contributed by atoms with E-state index in [0.717, 1.165) is 26.9 Å². The third-order valence-corrected chi connectivity index (χ3v) is 4.49. The lowest BCUT2D eigenvalue weighted by Crippen LogP contribution is -2.32. The average molecular weight is 277 g/mol. The number of thiophene rings is 1. The number of aliphatic hydroxyl groups is 1. The van der Waals surface area contributed by atoms with Gasteiger partial charge in [0.2, 0.25) is 0 Å². The molecule has 1 amide bonds. The van der Waals surface area contributed by atoms with E-state index in [-0.39, 0.29) is 18.6 Å². The monoisotopic (exact) mass is 277 g/mol. The van der Waals surface area contributed by atoms with E-state index in [1.165, 1.54) is 11.3 Å². The molecule has 0 aliphatic rings. The Hall–Kier alpha value is -1.39. The lowest BCUT2D eigenvalue weighted by molar-refractivity contribution is 0.0940. The van der Waals surface area contributed by atoms with Crippen LogP contribution in [0.5, 0.6) is 0 Å². The van der Waals surface area contributed by atoms with Gasteiger partial charge in [0.1, 0.15) is 0 Å². The molecule has 0 bridgehead atoms. The summed E-state index contributed by atoms with van der Waals surface area (Å²) in [5, 5.41) is 12.9. The molecule has 0 saturated heterocycles. The Balaban J connectivity index is 2.15. The van der Waals surface area contributed by atoms with E-state index in [2.05, 4.69) is 5.32 Å². The summed E-state index contributed by atoms with van der Waals surface area (Å²) in [7, 11) is 0. The molecule has 102 valence electrons. The van der Waals surface area contributed by atoms with Crippen LogP contribution in [0, 0.1) is 6.92 Å². The summed E-state index contributed by atoms with van der Waals surface area (Å²) in [5.41, 5.74) is 1.05. The molecule has 4 heteroatoms. The Bertz CT molecular complexity index is 577. The van der Waals surface area contributed by atoms with Gasteiger partial charge in [0.25, 0.3) is 5.91 Å². The van der Waals surface area contributed by atoms with Crippen molar-refractivity contribution in [3.63, 3.8) is 0 Å². The zero-order valence-corrected chi connectivity index (χ0v) is 12.1. The van der Waals surface area contributed by atoms with Crippen LogP contribution in [0.15, 0.2) is 24.3 Å². The van der Waals surface area contributed by atoms with Crippen molar-refractivity contribution in [3.05, 3.63) is 34.7 Å². The normalized spacial score (nSPS) is 12.6. The molecule has 19 heavy (non-hydrogen) atoms. The number of benzene rings is 1. The molecule has 1 heterocycles. The highest BCUT2D eigenvalue weighted by Gasteiger charge is 2.16. The molecule has 0 fully saturated rings. The largest absolute Gasteiger partial charge is 0.396 e. The van der Waals surface area contributed by atoms with Crippen LogP contribution in [-0.2, 0) is 0 Å². The van der Waals surface area contributed by atoms with E-state index in [9.17, 15) is 4.79 Å². The van der Waals surface area contributed by atoms with Crippen molar-refractivity contribution in [2.45, 2.75) is 32.7 Å². The highest BCUT2D eigenvalue weighted by atomic mass is 32.1. The minimum atomic E-state index is -0.0101. The van der Waals surface area contributed by atoms with Crippen molar-refractivity contribution in [1.29, 1.82) is 0 Å². The minimum absolute atomic E-state index is 0.0101. The molecule has 1 aromatic carbocycles. The van der Waals surface area contributed by atoms with Gasteiger partial charge >= 0.3 is 0 Å². The molecule has 0 aliphatic heterocycles. The molecule has 3 nitrogen and oxygen atoms in total. The predicted octanol–water partition coefficient (Wildman–Crippen LogP) is 3.10. The lowest BCUT2D eigenvalue weighted by Gasteiger charge is -2.12. The number of fused-ring (bicyclic) bond motifs is 1. The van der Waals surface area contributed by atoms with E-state index >= 15 is 0 Å². The van der Waals surface area contributed by atoms with Crippen molar-refractivity contribution in [2.75, 3.05) is 6.61 Å². The smallest absolute Gasteiger partial charge is 0.261 e. The van der Waals surface area contributed by atoms with E-state index in [1.807, 2.05) is 38.1 Å². The first kappa shape index (κ1) is 14.0. The molecule has 0 saturated carbocycles. The van der Waals surface area contributed by atoms with Gasteiger partial charge in [0.15, 0.2) is 0 Å². The van der Waals surface area contributed by atoms with Crippen LogP contribution >= 0.6 is 11.3 Å². The zero-order chi connectivity index (χ0) is 13.8. The Labute approximate surface area is 117 Å². The van der Waals surface area contributed by atoms with Gasteiger partial charge in [0, 0.05) is 17.3 Å². The van der Waals surface area contributed by atoms with E-state index in [0.29, 0.717) is 6.42 Å². The second-order valence-electron chi connectivity index (χ2n) is 4.79. The fraction of sp³-hybridized carbons (Fsp3) is 0.400. The zero-order valence-electron chi connectivity index (χ0n) is 11.3. The number of hydrogen-bond donors (Lipinski definition) is 2. The number of aryl methyl sites for hydroxylation is 1. The molecule has 0 aliphatic carbocycles. The minimum Gasteiger partial charge on any atom is -0.396 e. The van der Waals surface area contributed by atoms with E-state index < -0.39 is 0 Å². The fourth-order valence-electron chi connectivity index (χ4n) is 2.15. The molecule has 2 aromatic rings. The molecule has 0 radical (unpaired) electrons. The Morgan fingerprint density at radius 2 is 2.16 bits per heavy atom. The number of nitrogens with one attached hydrogen (secondary N) is 1. The van der Waals surface area contributed by atoms with Gasteiger partial charge in [-0.15, -0.1) is 11.3 Å². The standard InChI is InChI=1S/C15H19NO2S/c1-10(6-5-9-17)16-15(18)14-11(2)12-7-3-4-8-13(12)19-14/h3-4,7-8,10,17H,5-6,9H2,1-2H3,(H,16,18). The second-order valence-corrected chi connectivity index (χ2v) is 5.84. The summed E-state index contributed by atoms with van der Waals surface area (Å²) < 4.78 is 1.15. The number of carbonyl (C=O) groups excluding carboxylic acids is 1. The fourth-order valence-corrected chi connectivity index (χ4v) is 3.26. The van der Waals surface area contributed by atoms with Gasteiger partial charge in [-0.05, 0) is 43.7 Å². The van der Waals surface area contributed by atoms with Crippen molar-refractivity contribution >= 4 is 27.3 Å². The van der Waals surface area contributed by atoms with Crippen LogP contribution in [0.3, 0.4) is 0 Å². The topological polar surface area (TPSA) is 49.3 Å². The summed E-state index contributed by atoms with van der Waals surface area (Å²) in [4.78, 5) is 13.0. The van der Waals surface area contributed by atoms with Crippen LogP contribution < -0.4 is 5.32 Å². The van der Waals surface area contributed by atoms with Gasteiger partial charge in [-0.1, -0.05) is 18.2 Å². The highest BCUT2D eigenvalue weighted by Crippen LogP contribution is 2.30. The van der Waals surface area contributed by atoms with Crippen LogP contribution in [-0.4, -0.2) is 23.7 Å². The molecule has 2 N–H and O–H groups in total. The second kappa shape index (κ2) is 6.17. The number of aliphatic hydroxyl groups excluding tert-OH is 1. The number of rotatable bonds is 5. The maximum absolute atomic E-state index is 12.2. The first-order valence-electron chi connectivity index (χ1n) is 6.53. The van der Waals surface area contributed by atoms with Gasteiger partial charge < -0.3 is 10.4 Å². The van der Waals surface area contributed by atoms with Crippen LogP contribution in [0.1, 0.15) is 35.0 Å². The summed E-state index contributed by atoms with van der Waals surface area (Å²) in [6.45, 7) is 4.13. The number of hydrogen-bond acceptors (Lipinski definition) is 3. The van der Waals surface area contributed by atoms with Crippen molar-refractivity contribution in [1.82, 2.24) is 5.32 Å². The van der Waals surface area contributed by atoms with Gasteiger partial charge in [-0.2, -0.15) is 0 Å². The molecular formula is C15H19NO2S. The first-order valence-corrected chi connectivity index (χ1v) is 7.35. The SMILES string of the molecule is Cc1c(C(=O)NC(C)CCCO)sc2ccccc12.